The van der Waals surface area contributed by atoms with Crippen molar-refractivity contribution in [3.05, 3.63) is 74.8 Å². The highest BCUT2D eigenvalue weighted by Gasteiger charge is 2.34. The maximum atomic E-state index is 13.0. The zero-order chi connectivity index (χ0) is 22.8. The van der Waals surface area contributed by atoms with E-state index in [-0.39, 0.29) is 25.2 Å². The molecule has 1 N–H and O–H groups in total. The number of pyridine rings is 1. The third kappa shape index (κ3) is 4.84. The van der Waals surface area contributed by atoms with Crippen LogP contribution >= 0.6 is 27.5 Å². The van der Waals surface area contributed by atoms with Gasteiger partial charge >= 0.3 is 5.97 Å². The monoisotopic (exact) mass is 513 g/mol. The van der Waals surface area contributed by atoms with Gasteiger partial charge in [0.1, 0.15) is 5.15 Å². The fourth-order valence-electron chi connectivity index (χ4n) is 3.81. The minimum absolute atomic E-state index is 0.0643. The molecule has 1 aliphatic heterocycles. The van der Waals surface area contributed by atoms with Crippen LogP contribution in [0.25, 0.3) is 10.9 Å². The van der Waals surface area contributed by atoms with Gasteiger partial charge in [-0.25, -0.2) is 9.99 Å². The molecular formula is C24H21BrClN3O3. The van der Waals surface area contributed by atoms with Crippen molar-refractivity contribution < 1.29 is 14.7 Å². The number of halogens is 2. The molecule has 1 aliphatic rings. The van der Waals surface area contributed by atoms with Crippen molar-refractivity contribution in [1.29, 1.82) is 0 Å². The van der Waals surface area contributed by atoms with Gasteiger partial charge in [-0.05, 0) is 48.7 Å². The molecule has 0 saturated carbocycles. The first-order chi connectivity index (χ1) is 15.3. The molecule has 6 nitrogen and oxygen atoms in total. The number of rotatable bonds is 6. The smallest absolute Gasteiger partial charge is 0.303 e. The second-order valence-electron chi connectivity index (χ2n) is 7.82. The van der Waals surface area contributed by atoms with Crippen molar-refractivity contribution in [2.24, 2.45) is 5.10 Å². The Balaban J connectivity index is 1.70. The molecule has 8 heteroatoms. The van der Waals surface area contributed by atoms with E-state index in [2.05, 4.69) is 26.0 Å². The normalized spacial score (nSPS) is 15.8. The first-order valence-corrected chi connectivity index (χ1v) is 11.4. The van der Waals surface area contributed by atoms with Gasteiger partial charge in [-0.1, -0.05) is 51.8 Å². The number of benzene rings is 2. The van der Waals surface area contributed by atoms with Gasteiger partial charge in [0.2, 0.25) is 5.91 Å². The van der Waals surface area contributed by atoms with Crippen LogP contribution in [0.15, 0.2) is 58.1 Å². The Bertz CT molecular complexity index is 1230. The Morgan fingerprint density at radius 2 is 1.91 bits per heavy atom. The summed E-state index contributed by atoms with van der Waals surface area (Å²) >= 11 is 10.0. The maximum absolute atomic E-state index is 13.0. The van der Waals surface area contributed by atoms with Crippen molar-refractivity contribution in [2.75, 3.05) is 0 Å². The Labute approximate surface area is 199 Å². The lowest BCUT2D eigenvalue weighted by Gasteiger charge is -2.23. The molecule has 0 radical (unpaired) electrons. The summed E-state index contributed by atoms with van der Waals surface area (Å²) < 4.78 is 0.954. The minimum atomic E-state index is -0.924. The number of nitrogens with zero attached hydrogens (tertiary/aromatic N) is 3. The van der Waals surface area contributed by atoms with Crippen molar-refractivity contribution in [2.45, 2.75) is 38.6 Å². The second-order valence-corrected chi connectivity index (χ2v) is 9.10. The minimum Gasteiger partial charge on any atom is -0.481 e. The van der Waals surface area contributed by atoms with Crippen molar-refractivity contribution >= 4 is 56.0 Å². The number of carbonyl (C=O) groups is 2. The number of aromatic nitrogens is 1. The number of carbonyl (C=O) groups excluding carboxylic acids is 1. The molecule has 1 atom stereocenters. The fraction of sp³-hybridized carbons (Fsp3) is 0.250. The first kappa shape index (κ1) is 22.4. The highest BCUT2D eigenvalue weighted by Crippen LogP contribution is 2.38. The summed E-state index contributed by atoms with van der Waals surface area (Å²) in [4.78, 5) is 28.4. The topological polar surface area (TPSA) is 82.9 Å². The molecule has 0 saturated heterocycles. The zero-order valence-electron chi connectivity index (χ0n) is 17.4. The highest BCUT2D eigenvalue weighted by atomic mass is 79.9. The number of fused-ring (bicyclic) bond motifs is 1. The standard InChI is InChI=1S/C24H21BrClN3O3/c1-14-5-6-16-12-18(24(26)27-19(16)11-14)21-13-20(15-7-9-17(25)10-8-15)28-29(21)22(30)3-2-4-23(31)32/h5-12,21H,2-4,13H2,1H3,(H,31,32)/t21-/m1/s1. The van der Waals surface area contributed by atoms with Crippen molar-refractivity contribution in [1.82, 2.24) is 9.99 Å². The van der Waals surface area contributed by atoms with Gasteiger partial charge in [-0.2, -0.15) is 5.10 Å². The van der Waals surface area contributed by atoms with Crippen LogP contribution in [-0.2, 0) is 9.59 Å². The molecule has 1 aromatic heterocycles. The second kappa shape index (κ2) is 9.38. The number of carboxylic acids is 1. The largest absolute Gasteiger partial charge is 0.481 e. The van der Waals surface area contributed by atoms with Gasteiger partial charge in [0.05, 0.1) is 17.3 Å². The molecule has 2 aromatic carbocycles. The van der Waals surface area contributed by atoms with E-state index in [1.807, 2.05) is 55.5 Å². The summed E-state index contributed by atoms with van der Waals surface area (Å²) in [6, 6.07) is 15.3. The van der Waals surface area contributed by atoms with E-state index in [9.17, 15) is 9.59 Å². The van der Waals surface area contributed by atoms with E-state index in [0.717, 1.165) is 37.8 Å². The summed E-state index contributed by atoms with van der Waals surface area (Å²) in [6.45, 7) is 2.00. The average Bonchev–Trinajstić information content (AvgIpc) is 3.18. The van der Waals surface area contributed by atoms with E-state index in [1.54, 1.807) is 0 Å². The molecule has 32 heavy (non-hydrogen) atoms. The molecule has 0 fully saturated rings. The fourth-order valence-corrected chi connectivity index (χ4v) is 4.34. The Morgan fingerprint density at radius 3 is 2.62 bits per heavy atom. The summed E-state index contributed by atoms with van der Waals surface area (Å²) in [5.74, 6) is -1.16. The Morgan fingerprint density at radius 1 is 1.16 bits per heavy atom. The van der Waals surface area contributed by atoms with Crippen LogP contribution in [0.2, 0.25) is 5.15 Å². The van der Waals surface area contributed by atoms with E-state index in [0.29, 0.717) is 11.6 Å². The van der Waals surface area contributed by atoms with Crippen LogP contribution in [0.1, 0.15) is 48.4 Å². The lowest BCUT2D eigenvalue weighted by Crippen LogP contribution is -2.27. The van der Waals surface area contributed by atoms with E-state index in [1.165, 1.54) is 5.01 Å². The van der Waals surface area contributed by atoms with Crippen LogP contribution in [-0.4, -0.2) is 32.7 Å². The molecule has 4 rings (SSSR count). The van der Waals surface area contributed by atoms with Crippen LogP contribution in [0.3, 0.4) is 0 Å². The van der Waals surface area contributed by atoms with Crippen LogP contribution < -0.4 is 0 Å². The van der Waals surface area contributed by atoms with Crippen molar-refractivity contribution in [3.8, 4) is 0 Å². The maximum Gasteiger partial charge on any atom is 0.303 e. The number of amides is 1. The summed E-state index contributed by atoms with van der Waals surface area (Å²) in [7, 11) is 0. The van der Waals surface area contributed by atoms with Gasteiger partial charge in [0, 0.05) is 34.7 Å². The number of hydrazone groups is 1. The predicted octanol–water partition coefficient (Wildman–Crippen LogP) is 5.89. The van der Waals surface area contributed by atoms with Gasteiger partial charge in [0.15, 0.2) is 0 Å². The quantitative estimate of drug-likeness (QED) is 0.416. The Hall–Kier alpha value is -2.77. The van der Waals surface area contributed by atoms with Gasteiger partial charge in [0.25, 0.3) is 0 Å². The third-order valence-electron chi connectivity index (χ3n) is 5.44. The molecule has 0 unspecified atom stereocenters. The van der Waals surface area contributed by atoms with Gasteiger partial charge in [-0.15, -0.1) is 0 Å². The number of aliphatic carboxylic acids is 1. The molecule has 0 spiro atoms. The van der Waals surface area contributed by atoms with Gasteiger partial charge < -0.3 is 5.11 Å². The number of hydrogen-bond donors (Lipinski definition) is 1. The summed E-state index contributed by atoms with van der Waals surface area (Å²) in [6.07, 6.45) is 0.775. The molecular weight excluding hydrogens is 494 g/mol. The SMILES string of the molecule is Cc1ccc2cc([C@H]3CC(c4ccc(Br)cc4)=NN3C(=O)CCCC(=O)O)c(Cl)nc2c1. The average molecular weight is 515 g/mol. The van der Waals surface area contributed by atoms with Gasteiger partial charge in [-0.3, -0.25) is 9.59 Å². The highest BCUT2D eigenvalue weighted by molar-refractivity contribution is 9.10. The number of carboxylic acid groups (broad SMARTS) is 1. The van der Waals surface area contributed by atoms with Crippen LogP contribution in [0.4, 0.5) is 0 Å². The number of hydrogen-bond acceptors (Lipinski definition) is 4. The van der Waals surface area contributed by atoms with Crippen molar-refractivity contribution in [3.63, 3.8) is 0 Å². The third-order valence-corrected chi connectivity index (χ3v) is 6.27. The Kier molecular flexibility index (Phi) is 6.58. The van der Waals surface area contributed by atoms with Crippen LogP contribution in [0, 0.1) is 6.92 Å². The lowest BCUT2D eigenvalue weighted by molar-refractivity contribution is -0.137. The molecule has 164 valence electrons. The molecule has 2 heterocycles. The van der Waals surface area contributed by atoms with E-state index < -0.39 is 12.0 Å². The zero-order valence-corrected chi connectivity index (χ0v) is 19.7. The summed E-state index contributed by atoms with van der Waals surface area (Å²) in [5.41, 5.74) is 4.30. The predicted molar refractivity (Wildman–Crippen MR) is 128 cm³/mol. The molecule has 1 amide bonds. The lowest BCUT2D eigenvalue weighted by atomic mass is 9.98. The summed E-state index contributed by atoms with van der Waals surface area (Å²) in [5, 5.41) is 16.3. The molecule has 0 bridgehead atoms. The number of aryl methyl sites for hydroxylation is 1. The van der Waals surface area contributed by atoms with E-state index >= 15 is 0 Å². The first-order valence-electron chi connectivity index (χ1n) is 10.3. The molecule has 3 aromatic rings. The molecule has 0 aliphatic carbocycles. The van der Waals surface area contributed by atoms with E-state index in [4.69, 9.17) is 16.7 Å². The van der Waals surface area contributed by atoms with Crippen LogP contribution in [0.5, 0.6) is 0 Å².